The quantitative estimate of drug-likeness (QED) is 0.528. The van der Waals surface area contributed by atoms with Crippen LogP contribution in [0.3, 0.4) is 0 Å². The molecule has 0 aliphatic rings. The summed E-state index contributed by atoms with van der Waals surface area (Å²) in [4.78, 5) is 11.8. The number of aliphatic hydroxyl groups is 1. The van der Waals surface area contributed by atoms with Crippen molar-refractivity contribution in [2.45, 2.75) is 19.4 Å². The zero-order chi connectivity index (χ0) is 12.5. The number of aliphatic hydroxyl groups excluding tert-OH is 1. The molecule has 4 heteroatoms. The van der Waals surface area contributed by atoms with Gasteiger partial charge in [-0.05, 0) is 6.92 Å². The average molecular weight is 238 g/mol. The third-order valence-electron chi connectivity index (χ3n) is 2.46. The summed E-state index contributed by atoms with van der Waals surface area (Å²) in [7, 11) is 0. The maximum atomic E-state index is 11.8. The highest BCUT2D eigenvalue weighted by atomic mass is 16.5. The van der Waals surface area contributed by atoms with Crippen molar-refractivity contribution in [3.63, 3.8) is 0 Å². The predicted molar refractivity (Wildman–Crippen MR) is 64.3 cm³/mol. The lowest BCUT2D eigenvalue weighted by atomic mass is 10.1. The molecule has 1 aromatic rings. The van der Waals surface area contributed by atoms with Gasteiger partial charge in [0.25, 0.3) is 0 Å². The van der Waals surface area contributed by atoms with E-state index in [1.165, 1.54) is 0 Å². The summed E-state index contributed by atoms with van der Waals surface area (Å²) < 4.78 is 5.06. The topological polar surface area (TPSA) is 63.1 Å². The highest BCUT2D eigenvalue weighted by Gasteiger charge is 2.24. The smallest absolute Gasteiger partial charge is 0.369 e. The normalized spacial score (nSPS) is 12.1. The van der Waals surface area contributed by atoms with E-state index in [2.05, 4.69) is 0 Å². The van der Waals surface area contributed by atoms with Crippen LogP contribution in [0.2, 0.25) is 0 Å². The molecule has 1 rings (SSSR count). The Kier molecular flexibility index (Phi) is 6.29. The van der Waals surface area contributed by atoms with Gasteiger partial charge in [-0.15, -0.1) is 0 Å². The Labute approximate surface area is 102 Å². The SMILES string of the molecule is CCOC(=O)[C@@H]([NH2+]CCCO)c1ccccc1. The lowest BCUT2D eigenvalue weighted by Crippen LogP contribution is -2.87. The Hall–Kier alpha value is -1.39. The minimum Gasteiger partial charge on any atom is -0.461 e. The van der Waals surface area contributed by atoms with Crippen LogP contribution < -0.4 is 5.32 Å². The third-order valence-corrected chi connectivity index (χ3v) is 2.46. The maximum Gasteiger partial charge on any atom is 0.369 e. The van der Waals surface area contributed by atoms with Gasteiger partial charge in [-0.3, -0.25) is 0 Å². The van der Waals surface area contributed by atoms with E-state index in [0.29, 0.717) is 19.6 Å². The van der Waals surface area contributed by atoms with Gasteiger partial charge in [-0.1, -0.05) is 30.3 Å². The Morgan fingerprint density at radius 3 is 2.71 bits per heavy atom. The Morgan fingerprint density at radius 1 is 1.41 bits per heavy atom. The van der Waals surface area contributed by atoms with Crippen LogP contribution in [0.1, 0.15) is 24.9 Å². The molecular formula is C13H20NO3+. The van der Waals surface area contributed by atoms with Crippen LogP contribution in [0.25, 0.3) is 0 Å². The van der Waals surface area contributed by atoms with Crippen molar-refractivity contribution in [2.24, 2.45) is 0 Å². The van der Waals surface area contributed by atoms with Crippen molar-refractivity contribution in [3.05, 3.63) is 35.9 Å². The molecule has 0 fully saturated rings. The van der Waals surface area contributed by atoms with Crippen molar-refractivity contribution in [1.29, 1.82) is 0 Å². The molecule has 0 heterocycles. The molecule has 4 nitrogen and oxygen atoms in total. The lowest BCUT2D eigenvalue weighted by Gasteiger charge is -2.14. The minimum atomic E-state index is -0.331. The van der Waals surface area contributed by atoms with Crippen molar-refractivity contribution in [2.75, 3.05) is 19.8 Å². The molecule has 1 atom stereocenters. The van der Waals surface area contributed by atoms with Crippen molar-refractivity contribution in [1.82, 2.24) is 0 Å². The highest BCUT2D eigenvalue weighted by Crippen LogP contribution is 2.09. The Morgan fingerprint density at radius 2 is 2.12 bits per heavy atom. The zero-order valence-electron chi connectivity index (χ0n) is 10.1. The van der Waals surface area contributed by atoms with E-state index in [9.17, 15) is 4.79 Å². The molecule has 0 aliphatic carbocycles. The molecule has 0 saturated heterocycles. The molecule has 3 N–H and O–H groups in total. The third kappa shape index (κ3) is 4.54. The number of rotatable bonds is 7. The molecule has 0 amide bonds. The fourth-order valence-electron chi connectivity index (χ4n) is 1.64. The fourth-order valence-corrected chi connectivity index (χ4v) is 1.64. The number of nitrogens with two attached hydrogens (primary N) is 1. The number of esters is 1. The lowest BCUT2D eigenvalue weighted by molar-refractivity contribution is -0.684. The summed E-state index contributed by atoms with van der Waals surface area (Å²) in [5.74, 6) is -0.225. The first-order valence-corrected chi connectivity index (χ1v) is 5.95. The maximum absolute atomic E-state index is 11.8. The van der Waals surface area contributed by atoms with Gasteiger partial charge in [-0.25, -0.2) is 4.79 Å². The Bertz CT molecular complexity index is 327. The summed E-state index contributed by atoms with van der Waals surface area (Å²) in [6, 6.07) is 9.22. The van der Waals surface area contributed by atoms with E-state index in [-0.39, 0.29) is 18.6 Å². The molecule has 0 spiro atoms. The van der Waals surface area contributed by atoms with Crippen molar-refractivity contribution in [3.8, 4) is 0 Å². The number of benzene rings is 1. The van der Waals surface area contributed by atoms with E-state index in [1.807, 2.05) is 35.6 Å². The largest absolute Gasteiger partial charge is 0.461 e. The number of carbonyl (C=O) groups is 1. The molecule has 1 aromatic carbocycles. The average Bonchev–Trinajstić information content (AvgIpc) is 2.36. The number of carbonyl (C=O) groups excluding carboxylic acids is 1. The van der Waals surface area contributed by atoms with Crippen LogP contribution in [-0.4, -0.2) is 30.8 Å². The first kappa shape index (κ1) is 13.7. The summed E-state index contributed by atoms with van der Waals surface area (Å²) in [5.41, 5.74) is 0.934. The number of ether oxygens (including phenoxy) is 1. The summed E-state index contributed by atoms with van der Waals surface area (Å²) >= 11 is 0. The number of quaternary nitrogens is 1. The van der Waals surface area contributed by atoms with Gasteiger partial charge in [0, 0.05) is 18.6 Å². The fraction of sp³-hybridized carbons (Fsp3) is 0.462. The van der Waals surface area contributed by atoms with Gasteiger partial charge in [-0.2, -0.15) is 0 Å². The Balaban J connectivity index is 2.68. The second-order valence-corrected chi connectivity index (χ2v) is 3.74. The molecule has 0 aromatic heterocycles. The van der Waals surface area contributed by atoms with Crippen LogP contribution in [0.4, 0.5) is 0 Å². The number of hydrogen-bond acceptors (Lipinski definition) is 3. The molecule has 0 saturated carbocycles. The van der Waals surface area contributed by atoms with Crippen LogP contribution >= 0.6 is 0 Å². The van der Waals surface area contributed by atoms with Crippen LogP contribution in [0, 0.1) is 0 Å². The van der Waals surface area contributed by atoms with Crippen molar-refractivity contribution < 1.29 is 20.0 Å². The first-order chi connectivity index (χ1) is 8.29. The molecule has 0 bridgehead atoms. The van der Waals surface area contributed by atoms with Gasteiger partial charge in [0.15, 0.2) is 0 Å². The zero-order valence-corrected chi connectivity index (χ0v) is 10.1. The monoisotopic (exact) mass is 238 g/mol. The molecule has 0 aliphatic heterocycles. The predicted octanol–water partition coefficient (Wildman–Crippen LogP) is 0.237. The highest BCUT2D eigenvalue weighted by molar-refractivity contribution is 5.75. The van der Waals surface area contributed by atoms with E-state index >= 15 is 0 Å². The van der Waals surface area contributed by atoms with E-state index in [1.54, 1.807) is 6.92 Å². The summed E-state index contributed by atoms with van der Waals surface area (Å²) in [5, 5.41) is 10.7. The van der Waals surface area contributed by atoms with Gasteiger partial charge in [0.1, 0.15) is 0 Å². The van der Waals surface area contributed by atoms with E-state index in [4.69, 9.17) is 9.84 Å². The second-order valence-electron chi connectivity index (χ2n) is 3.74. The molecular weight excluding hydrogens is 218 g/mol. The van der Waals surface area contributed by atoms with Gasteiger partial charge < -0.3 is 15.2 Å². The van der Waals surface area contributed by atoms with Crippen LogP contribution in [-0.2, 0) is 9.53 Å². The number of hydrogen-bond donors (Lipinski definition) is 2. The summed E-state index contributed by atoms with van der Waals surface area (Å²) in [6.45, 7) is 3.03. The van der Waals surface area contributed by atoms with Gasteiger partial charge in [0.05, 0.1) is 13.2 Å². The van der Waals surface area contributed by atoms with Crippen LogP contribution in [0.15, 0.2) is 30.3 Å². The van der Waals surface area contributed by atoms with E-state index < -0.39 is 0 Å². The van der Waals surface area contributed by atoms with Gasteiger partial charge >= 0.3 is 5.97 Å². The summed E-state index contributed by atoms with van der Waals surface area (Å²) in [6.07, 6.45) is 0.669. The second kappa shape index (κ2) is 7.81. The van der Waals surface area contributed by atoms with Gasteiger partial charge in [0.2, 0.25) is 6.04 Å². The molecule has 0 unspecified atom stereocenters. The van der Waals surface area contributed by atoms with Crippen LogP contribution in [0.5, 0.6) is 0 Å². The first-order valence-electron chi connectivity index (χ1n) is 5.95. The molecule has 0 radical (unpaired) electrons. The van der Waals surface area contributed by atoms with Crippen molar-refractivity contribution >= 4 is 5.97 Å². The standard InChI is InChI=1S/C13H19NO3/c1-2-17-13(16)12(14-9-6-10-15)11-7-4-3-5-8-11/h3-5,7-8,12,14-15H,2,6,9-10H2,1H3/p+1/t12-/m0/s1. The minimum absolute atomic E-state index is 0.140. The molecule has 94 valence electrons. The molecule has 17 heavy (non-hydrogen) atoms. The van der Waals surface area contributed by atoms with E-state index in [0.717, 1.165) is 5.56 Å².